The van der Waals surface area contributed by atoms with Crippen LogP contribution in [-0.4, -0.2) is 38.2 Å². The molecule has 0 spiro atoms. The Labute approximate surface area is 123 Å². The van der Waals surface area contributed by atoms with Gasteiger partial charge in [0.15, 0.2) is 0 Å². The molecule has 0 heterocycles. The fourth-order valence-electron chi connectivity index (χ4n) is 3.01. The van der Waals surface area contributed by atoms with Gasteiger partial charge in [0.25, 0.3) is 0 Å². The van der Waals surface area contributed by atoms with Gasteiger partial charge in [0, 0.05) is 23.7 Å². The van der Waals surface area contributed by atoms with Crippen LogP contribution < -0.4 is 10.1 Å². The minimum Gasteiger partial charge on any atom is -0.496 e. The van der Waals surface area contributed by atoms with Crippen LogP contribution >= 0.6 is 0 Å². The highest BCUT2D eigenvalue weighted by molar-refractivity contribution is 5.38. The summed E-state index contributed by atoms with van der Waals surface area (Å²) < 4.78 is 5.49. The van der Waals surface area contributed by atoms with Crippen LogP contribution in [0.15, 0.2) is 18.2 Å². The van der Waals surface area contributed by atoms with E-state index in [1.807, 2.05) is 0 Å². The second kappa shape index (κ2) is 6.15. The van der Waals surface area contributed by atoms with Crippen LogP contribution in [0.25, 0.3) is 0 Å². The Balaban J connectivity index is 2.05. The molecule has 0 aliphatic heterocycles. The van der Waals surface area contributed by atoms with Crippen LogP contribution in [0.1, 0.15) is 43.4 Å². The first-order valence-corrected chi connectivity index (χ1v) is 7.54. The maximum absolute atomic E-state index is 5.49. The highest BCUT2D eigenvalue weighted by atomic mass is 16.5. The molecule has 20 heavy (non-hydrogen) atoms. The molecule has 0 aromatic heterocycles. The van der Waals surface area contributed by atoms with Crippen molar-refractivity contribution in [1.29, 1.82) is 0 Å². The van der Waals surface area contributed by atoms with Crippen molar-refractivity contribution in [3.8, 4) is 5.75 Å². The largest absolute Gasteiger partial charge is 0.496 e. The third kappa shape index (κ3) is 2.99. The predicted molar refractivity (Wildman–Crippen MR) is 84.4 cm³/mol. The quantitative estimate of drug-likeness (QED) is 0.864. The van der Waals surface area contributed by atoms with Gasteiger partial charge in [-0.15, -0.1) is 0 Å². The molecule has 2 rings (SSSR count). The van der Waals surface area contributed by atoms with Crippen LogP contribution in [0.2, 0.25) is 0 Å². The lowest BCUT2D eigenvalue weighted by atomic mass is 9.75. The topological polar surface area (TPSA) is 24.5 Å². The Kier molecular flexibility index (Phi) is 4.71. The number of benzene rings is 1. The average molecular weight is 276 g/mol. The number of nitrogens with zero attached hydrogens (tertiary/aromatic N) is 1. The molecule has 1 unspecified atom stereocenters. The minimum atomic E-state index is 0.308. The Morgan fingerprint density at radius 1 is 1.35 bits per heavy atom. The van der Waals surface area contributed by atoms with Crippen molar-refractivity contribution in [3.05, 3.63) is 29.3 Å². The van der Waals surface area contributed by atoms with Crippen LogP contribution in [0.5, 0.6) is 5.75 Å². The molecular formula is C17H28N2O. The fraction of sp³-hybridized carbons (Fsp3) is 0.647. The van der Waals surface area contributed by atoms with Gasteiger partial charge in [0.05, 0.1) is 7.11 Å². The van der Waals surface area contributed by atoms with E-state index in [4.69, 9.17) is 4.74 Å². The van der Waals surface area contributed by atoms with Crippen molar-refractivity contribution >= 4 is 0 Å². The SMILES string of the molecule is COc1ccc(C)cc1C(C)NCC1(N(C)C)CCC1. The molecule has 1 fully saturated rings. The molecular weight excluding hydrogens is 248 g/mol. The summed E-state index contributed by atoms with van der Waals surface area (Å²) in [4.78, 5) is 2.38. The second-order valence-corrected chi connectivity index (χ2v) is 6.32. The first-order valence-electron chi connectivity index (χ1n) is 7.54. The summed E-state index contributed by atoms with van der Waals surface area (Å²) in [6.07, 6.45) is 3.94. The summed E-state index contributed by atoms with van der Waals surface area (Å²) in [7, 11) is 6.13. The lowest BCUT2D eigenvalue weighted by Crippen LogP contribution is -2.56. The zero-order valence-corrected chi connectivity index (χ0v) is 13.5. The number of nitrogens with one attached hydrogen (secondary N) is 1. The summed E-state index contributed by atoms with van der Waals surface area (Å²) in [5.41, 5.74) is 2.88. The van der Waals surface area contributed by atoms with E-state index in [0.29, 0.717) is 11.6 Å². The fourth-order valence-corrected chi connectivity index (χ4v) is 3.01. The van der Waals surface area contributed by atoms with Gasteiger partial charge in [-0.1, -0.05) is 17.7 Å². The maximum Gasteiger partial charge on any atom is 0.123 e. The number of aryl methyl sites for hydroxylation is 1. The lowest BCUT2D eigenvalue weighted by Gasteiger charge is -2.48. The molecule has 112 valence electrons. The highest BCUT2D eigenvalue weighted by Crippen LogP contribution is 2.36. The van der Waals surface area contributed by atoms with Crippen molar-refractivity contribution < 1.29 is 4.74 Å². The van der Waals surface area contributed by atoms with E-state index in [0.717, 1.165) is 12.3 Å². The number of methoxy groups -OCH3 is 1. The third-order valence-electron chi connectivity index (χ3n) is 4.82. The summed E-state index contributed by atoms with van der Waals surface area (Å²) in [5.74, 6) is 0.975. The van der Waals surface area contributed by atoms with Gasteiger partial charge >= 0.3 is 0 Å². The summed E-state index contributed by atoms with van der Waals surface area (Å²) in [5, 5.41) is 3.70. The monoisotopic (exact) mass is 276 g/mol. The molecule has 1 aromatic rings. The van der Waals surface area contributed by atoms with E-state index in [1.54, 1.807) is 7.11 Å². The molecule has 3 heteroatoms. The van der Waals surface area contributed by atoms with E-state index in [9.17, 15) is 0 Å². The number of ether oxygens (including phenoxy) is 1. The van der Waals surface area contributed by atoms with Crippen LogP contribution in [0.3, 0.4) is 0 Å². The van der Waals surface area contributed by atoms with Gasteiger partial charge in [-0.25, -0.2) is 0 Å². The molecule has 0 amide bonds. The minimum absolute atomic E-state index is 0.308. The van der Waals surface area contributed by atoms with Crippen LogP contribution in [0, 0.1) is 6.92 Å². The maximum atomic E-state index is 5.49. The van der Waals surface area contributed by atoms with E-state index in [-0.39, 0.29) is 0 Å². The Hall–Kier alpha value is -1.06. The molecule has 1 aliphatic carbocycles. The molecule has 0 radical (unpaired) electrons. The first kappa shape index (κ1) is 15.3. The lowest BCUT2D eigenvalue weighted by molar-refractivity contribution is 0.0575. The zero-order chi connectivity index (χ0) is 14.8. The van der Waals surface area contributed by atoms with Crippen LogP contribution in [0.4, 0.5) is 0 Å². The van der Waals surface area contributed by atoms with Gasteiger partial charge in [-0.2, -0.15) is 0 Å². The van der Waals surface area contributed by atoms with E-state index in [1.165, 1.54) is 30.4 Å². The Morgan fingerprint density at radius 2 is 2.05 bits per heavy atom. The molecule has 3 nitrogen and oxygen atoms in total. The van der Waals surface area contributed by atoms with Gasteiger partial charge in [0.1, 0.15) is 5.75 Å². The van der Waals surface area contributed by atoms with Crippen molar-refractivity contribution in [2.45, 2.75) is 44.7 Å². The smallest absolute Gasteiger partial charge is 0.123 e. The third-order valence-corrected chi connectivity index (χ3v) is 4.82. The summed E-state index contributed by atoms with van der Waals surface area (Å²) in [6, 6.07) is 6.69. The van der Waals surface area contributed by atoms with Gasteiger partial charge < -0.3 is 15.0 Å². The Bertz CT molecular complexity index is 452. The number of rotatable bonds is 6. The van der Waals surface area contributed by atoms with Crippen molar-refractivity contribution in [3.63, 3.8) is 0 Å². The molecule has 1 atom stereocenters. The van der Waals surface area contributed by atoms with Crippen LogP contribution in [-0.2, 0) is 0 Å². The highest BCUT2D eigenvalue weighted by Gasteiger charge is 2.38. The van der Waals surface area contributed by atoms with Crippen molar-refractivity contribution in [2.24, 2.45) is 0 Å². The summed E-state index contributed by atoms with van der Waals surface area (Å²) in [6.45, 7) is 5.39. The summed E-state index contributed by atoms with van der Waals surface area (Å²) >= 11 is 0. The van der Waals surface area contributed by atoms with E-state index in [2.05, 4.69) is 56.4 Å². The van der Waals surface area contributed by atoms with E-state index >= 15 is 0 Å². The first-order chi connectivity index (χ1) is 9.48. The standard InChI is InChI=1S/C17H28N2O/c1-13-7-8-16(20-5)15(11-13)14(2)18-12-17(19(3)4)9-6-10-17/h7-8,11,14,18H,6,9-10,12H2,1-5H3. The van der Waals surface area contributed by atoms with Gasteiger partial charge in [-0.3, -0.25) is 0 Å². The number of likely N-dealkylation sites (N-methyl/N-ethyl adjacent to an activating group) is 1. The molecule has 0 bridgehead atoms. The van der Waals surface area contributed by atoms with Crippen molar-refractivity contribution in [1.82, 2.24) is 10.2 Å². The molecule has 1 N–H and O–H groups in total. The average Bonchev–Trinajstić information content (AvgIpc) is 2.36. The molecule has 1 aliphatic rings. The molecule has 0 saturated heterocycles. The zero-order valence-electron chi connectivity index (χ0n) is 13.5. The van der Waals surface area contributed by atoms with Gasteiger partial charge in [0.2, 0.25) is 0 Å². The number of hydrogen-bond acceptors (Lipinski definition) is 3. The second-order valence-electron chi connectivity index (χ2n) is 6.32. The van der Waals surface area contributed by atoms with Crippen molar-refractivity contribution in [2.75, 3.05) is 27.7 Å². The van der Waals surface area contributed by atoms with E-state index < -0.39 is 0 Å². The Morgan fingerprint density at radius 3 is 2.55 bits per heavy atom. The normalized spacial score (nSPS) is 18.7. The number of hydrogen-bond donors (Lipinski definition) is 1. The molecule has 1 saturated carbocycles. The molecule has 1 aromatic carbocycles. The van der Waals surface area contributed by atoms with Gasteiger partial charge in [-0.05, 0) is 53.3 Å². The predicted octanol–water partition coefficient (Wildman–Crippen LogP) is 3.14.